The molecule has 182 valence electrons. The predicted molar refractivity (Wildman–Crippen MR) is 128 cm³/mol. The fourth-order valence-electron chi connectivity index (χ4n) is 3.58. The number of aromatic nitrogens is 3. The lowest BCUT2D eigenvalue weighted by molar-refractivity contribution is -0.131. The number of hydrogen-bond donors (Lipinski definition) is 2. The molecule has 4 aromatic rings. The van der Waals surface area contributed by atoms with Gasteiger partial charge >= 0.3 is 6.18 Å². The maximum absolute atomic E-state index is 12.8. The van der Waals surface area contributed by atoms with Gasteiger partial charge in [0.05, 0.1) is 36.0 Å². The Hall–Kier alpha value is -3.73. The number of halogens is 3. The van der Waals surface area contributed by atoms with E-state index in [4.69, 9.17) is 15.6 Å². The quantitative estimate of drug-likeness (QED) is 0.339. The first kappa shape index (κ1) is 24.4. The zero-order valence-electron chi connectivity index (χ0n) is 18.9. The topological polar surface area (TPSA) is 94.5 Å². The number of anilines is 1. The Labute approximate surface area is 203 Å². The second kappa shape index (κ2) is 9.87. The molecule has 0 unspecified atom stereocenters. The average molecular weight is 502 g/mol. The second-order valence-corrected chi connectivity index (χ2v) is 8.78. The van der Waals surface area contributed by atoms with Crippen LogP contribution in [0.5, 0.6) is 5.75 Å². The van der Waals surface area contributed by atoms with Crippen LogP contribution in [0.2, 0.25) is 0 Å². The Balaban J connectivity index is 1.79. The Morgan fingerprint density at radius 1 is 1.20 bits per heavy atom. The van der Waals surface area contributed by atoms with E-state index in [0.29, 0.717) is 38.9 Å². The summed E-state index contributed by atoms with van der Waals surface area (Å²) in [5.41, 5.74) is 8.64. The molecular formula is C24H22F3N5O2S. The Morgan fingerprint density at radius 3 is 2.66 bits per heavy atom. The van der Waals surface area contributed by atoms with Crippen molar-refractivity contribution in [1.29, 1.82) is 0 Å². The number of carbonyl (C=O) groups excluding carboxylic acids is 1. The van der Waals surface area contributed by atoms with Gasteiger partial charge in [-0.2, -0.15) is 18.3 Å². The SMILES string of the molecule is COc1ccccc1Sc1cc(NCCC(F)(F)F)c2ncc(-c3ccc(C(N)=O)c(C)c3)n2n1. The Bertz CT molecular complexity index is 1390. The van der Waals surface area contributed by atoms with E-state index < -0.39 is 18.5 Å². The molecule has 0 atom stereocenters. The monoisotopic (exact) mass is 501 g/mol. The summed E-state index contributed by atoms with van der Waals surface area (Å²) in [6.45, 7) is 1.46. The smallest absolute Gasteiger partial charge is 0.390 e. The van der Waals surface area contributed by atoms with Crippen LogP contribution >= 0.6 is 11.8 Å². The highest BCUT2D eigenvalue weighted by Gasteiger charge is 2.26. The fraction of sp³-hybridized carbons (Fsp3) is 0.208. The number of nitrogens with one attached hydrogen (secondary N) is 1. The molecule has 35 heavy (non-hydrogen) atoms. The minimum absolute atomic E-state index is 0.309. The highest BCUT2D eigenvalue weighted by Crippen LogP contribution is 2.36. The molecule has 0 saturated heterocycles. The number of amides is 1. The van der Waals surface area contributed by atoms with Crippen molar-refractivity contribution in [3.63, 3.8) is 0 Å². The third kappa shape index (κ3) is 5.51. The molecule has 0 radical (unpaired) electrons. The van der Waals surface area contributed by atoms with Crippen LogP contribution in [0, 0.1) is 6.92 Å². The summed E-state index contributed by atoms with van der Waals surface area (Å²) in [6.07, 6.45) is -3.68. The van der Waals surface area contributed by atoms with Crippen LogP contribution in [0.4, 0.5) is 18.9 Å². The fourth-order valence-corrected chi connectivity index (χ4v) is 4.50. The molecule has 0 saturated carbocycles. The zero-order valence-corrected chi connectivity index (χ0v) is 19.7. The van der Waals surface area contributed by atoms with Gasteiger partial charge in [-0.05, 0) is 42.8 Å². The summed E-state index contributed by atoms with van der Waals surface area (Å²) in [4.78, 5) is 16.8. The van der Waals surface area contributed by atoms with Crippen molar-refractivity contribution in [2.75, 3.05) is 19.0 Å². The molecule has 0 spiro atoms. The van der Waals surface area contributed by atoms with Gasteiger partial charge in [0.15, 0.2) is 5.65 Å². The summed E-state index contributed by atoms with van der Waals surface area (Å²) in [6, 6.07) is 14.2. The van der Waals surface area contributed by atoms with E-state index in [1.807, 2.05) is 24.3 Å². The van der Waals surface area contributed by atoms with E-state index >= 15 is 0 Å². The zero-order chi connectivity index (χ0) is 25.2. The highest BCUT2D eigenvalue weighted by atomic mass is 32.2. The number of nitrogens with two attached hydrogens (primary N) is 1. The van der Waals surface area contributed by atoms with Gasteiger partial charge in [-0.15, -0.1) is 0 Å². The molecule has 0 bridgehead atoms. The molecule has 0 aliphatic carbocycles. The van der Waals surface area contributed by atoms with Crippen molar-refractivity contribution >= 4 is 29.0 Å². The van der Waals surface area contributed by atoms with Crippen molar-refractivity contribution in [2.45, 2.75) is 29.4 Å². The molecule has 0 fully saturated rings. The standard InChI is InChI=1S/C24H22F3N5O2S/c1-14-11-15(7-8-16(14)22(28)33)18-13-30-23-17(29-10-9-24(25,26)27)12-21(31-32(18)23)35-20-6-4-3-5-19(20)34-2/h3-8,11-13,29H,9-10H2,1-2H3,(H2,28,33). The van der Waals surface area contributed by atoms with Gasteiger partial charge in [0.25, 0.3) is 0 Å². The number of fused-ring (bicyclic) bond motifs is 1. The number of methoxy groups -OCH3 is 1. The lowest BCUT2D eigenvalue weighted by Crippen LogP contribution is -2.15. The molecule has 2 heterocycles. The minimum atomic E-state index is -4.29. The van der Waals surface area contributed by atoms with Gasteiger partial charge in [-0.3, -0.25) is 4.79 Å². The number of ether oxygens (including phenoxy) is 1. The number of rotatable bonds is 8. The summed E-state index contributed by atoms with van der Waals surface area (Å²) in [5, 5.41) is 8.07. The van der Waals surface area contributed by atoms with Crippen molar-refractivity contribution in [1.82, 2.24) is 14.6 Å². The molecule has 7 nitrogen and oxygen atoms in total. The molecule has 4 rings (SSSR count). The van der Waals surface area contributed by atoms with Crippen LogP contribution in [0.3, 0.4) is 0 Å². The van der Waals surface area contributed by atoms with Crippen LogP contribution in [0.25, 0.3) is 16.9 Å². The first-order chi connectivity index (χ1) is 16.7. The van der Waals surface area contributed by atoms with Gasteiger partial charge < -0.3 is 15.8 Å². The van der Waals surface area contributed by atoms with E-state index in [0.717, 1.165) is 10.5 Å². The number of alkyl halides is 3. The van der Waals surface area contributed by atoms with Crippen molar-refractivity contribution in [3.8, 4) is 17.0 Å². The van der Waals surface area contributed by atoms with E-state index in [1.54, 1.807) is 49.0 Å². The van der Waals surface area contributed by atoms with E-state index in [9.17, 15) is 18.0 Å². The van der Waals surface area contributed by atoms with Gasteiger partial charge in [0.1, 0.15) is 10.8 Å². The molecule has 3 N–H and O–H groups in total. The van der Waals surface area contributed by atoms with Crippen LogP contribution < -0.4 is 15.8 Å². The number of primary amides is 1. The number of imidazole rings is 1. The largest absolute Gasteiger partial charge is 0.496 e. The first-order valence-electron chi connectivity index (χ1n) is 10.6. The summed E-state index contributed by atoms with van der Waals surface area (Å²) >= 11 is 1.32. The average Bonchev–Trinajstić information content (AvgIpc) is 3.22. The lowest BCUT2D eigenvalue weighted by Gasteiger charge is -2.13. The molecular weight excluding hydrogens is 479 g/mol. The molecule has 11 heteroatoms. The van der Waals surface area contributed by atoms with Crippen molar-refractivity contribution < 1.29 is 22.7 Å². The van der Waals surface area contributed by atoms with Crippen molar-refractivity contribution in [2.24, 2.45) is 5.73 Å². The maximum atomic E-state index is 12.8. The number of para-hydroxylation sites is 1. The summed E-state index contributed by atoms with van der Waals surface area (Å²) < 4.78 is 45.2. The number of aryl methyl sites for hydroxylation is 1. The first-order valence-corrected chi connectivity index (χ1v) is 11.4. The lowest BCUT2D eigenvalue weighted by atomic mass is 10.0. The van der Waals surface area contributed by atoms with Gasteiger partial charge in [-0.25, -0.2) is 9.50 Å². The highest BCUT2D eigenvalue weighted by molar-refractivity contribution is 7.99. The van der Waals surface area contributed by atoms with Crippen LogP contribution in [0.1, 0.15) is 22.3 Å². The molecule has 2 aromatic heterocycles. The maximum Gasteiger partial charge on any atom is 0.390 e. The van der Waals surface area contributed by atoms with Crippen LogP contribution in [-0.2, 0) is 0 Å². The summed E-state index contributed by atoms with van der Waals surface area (Å²) in [5.74, 6) is 0.117. The normalized spacial score (nSPS) is 11.6. The van der Waals surface area contributed by atoms with Gasteiger partial charge in [0, 0.05) is 17.7 Å². The van der Waals surface area contributed by atoms with Gasteiger partial charge in [-0.1, -0.05) is 30.0 Å². The third-order valence-corrected chi connectivity index (χ3v) is 6.21. The Morgan fingerprint density at radius 2 is 1.97 bits per heavy atom. The van der Waals surface area contributed by atoms with E-state index in [-0.39, 0.29) is 6.54 Å². The summed E-state index contributed by atoms with van der Waals surface area (Å²) in [7, 11) is 1.56. The van der Waals surface area contributed by atoms with Crippen LogP contribution in [0.15, 0.2) is 64.6 Å². The number of benzene rings is 2. The minimum Gasteiger partial charge on any atom is -0.496 e. The number of hydrogen-bond acceptors (Lipinski definition) is 6. The van der Waals surface area contributed by atoms with Gasteiger partial charge in [0.2, 0.25) is 5.91 Å². The van der Waals surface area contributed by atoms with E-state index in [2.05, 4.69) is 10.3 Å². The third-order valence-electron chi connectivity index (χ3n) is 5.24. The van der Waals surface area contributed by atoms with Crippen LogP contribution in [-0.4, -0.2) is 40.3 Å². The Kier molecular flexibility index (Phi) is 6.88. The number of carbonyl (C=O) groups is 1. The van der Waals surface area contributed by atoms with Crippen molar-refractivity contribution in [3.05, 3.63) is 65.9 Å². The molecule has 2 aromatic carbocycles. The molecule has 1 amide bonds. The predicted octanol–water partition coefficient (Wildman–Crippen LogP) is 5.33. The second-order valence-electron chi connectivity index (χ2n) is 7.71. The number of nitrogens with zero attached hydrogens (tertiary/aromatic N) is 3. The van der Waals surface area contributed by atoms with E-state index in [1.165, 1.54) is 11.8 Å². The molecule has 0 aliphatic heterocycles. The molecule has 0 aliphatic rings.